The van der Waals surface area contributed by atoms with Crippen LogP contribution in [0.2, 0.25) is 0 Å². The number of rotatable bonds is 3. The Bertz CT molecular complexity index is 590. The van der Waals surface area contributed by atoms with Gasteiger partial charge in [-0.2, -0.15) is 0 Å². The van der Waals surface area contributed by atoms with Crippen molar-refractivity contribution in [2.75, 3.05) is 0 Å². The molecular weight excluding hydrogens is 206 g/mol. The van der Waals surface area contributed by atoms with Gasteiger partial charge in [0.2, 0.25) is 0 Å². The van der Waals surface area contributed by atoms with Gasteiger partial charge in [0.1, 0.15) is 5.69 Å². The fourth-order valence-corrected chi connectivity index (χ4v) is 1.70. The van der Waals surface area contributed by atoms with Crippen LogP contribution in [0, 0.1) is 4.91 Å². The summed E-state index contributed by atoms with van der Waals surface area (Å²) in [5.74, 6) is 0. The molecule has 78 valence electrons. The SMILES string of the molecule is O=Cc1cc(N=O)c2ccccc2c1C=O. The highest BCUT2D eigenvalue weighted by Crippen LogP contribution is 2.30. The third-order valence-electron chi connectivity index (χ3n) is 2.44. The maximum Gasteiger partial charge on any atom is 0.151 e. The molecule has 0 amide bonds. The van der Waals surface area contributed by atoms with Gasteiger partial charge < -0.3 is 0 Å². The fourth-order valence-electron chi connectivity index (χ4n) is 1.70. The van der Waals surface area contributed by atoms with Crippen LogP contribution in [0.15, 0.2) is 35.5 Å². The Morgan fingerprint density at radius 3 is 2.25 bits per heavy atom. The van der Waals surface area contributed by atoms with Gasteiger partial charge in [-0.3, -0.25) is 9.59 Å². The van der Waals surface area contributed by atoms with Gasteiger partial charge in [0.05, 0.1) is 0 Å². The maximum atomic E-state index is 10.9. The van der Waals surface area contributed by atoms with Crippen molar-refractivity contribution >= 4 is 29.0 Å². The topological polar surface area (TPSA) is 63.6 Å². The minimum absolute atomic E-state index is 0.170. The van der Waals surface area contributed by atoms with E-state index in [1.54, 1.807) is 24.3 Å². The smallest absolute Gasteiger partial charge is 0.151 e. The van der Waals surface area contributed by atoms with Gasteiger partial charge in [0.15, 0.2) is 12.6 Å². The number of aldehydes is 2. The molecule has 0 N–H and O–H groups in total. The summed E-state index contributed by atoms with van der Waals surface area (Å²) in [6.07, 6.45) is 1.16. The number of nitroso groups, excluding NO2 is 1. The lowest BCUT2D eigenvalue weighted by molar-refractivity contribution is 0.109. The van der Waals surface area contributed by atoms with E-state index in [2.05, 4.69) is 5.18 Å². The molecule has 4 heteroatoms. The van der Waals surface area contributed by atoms with Gasteiger partial charge in [0, 0.05) is 16.5 Å². The minimum atomic E-state index is 0.170. The molecule has 0 unspecified atom stereocenters. The number of hydrogen-bond acceptors (Lipinski definition) is 4. The van der Waals surface area contributed by atoms with Crippen LogP contribution in [0.3, 0.4) is 0 Å². The monoisotopic (exact) mass is 213 g/mol. The first kappa shape index (κ1) is 10.2. The summed E-state index contributed by atoms with van der Waals surface area (Å²) in [5, 5.41) is 4.00. The highest BCUT2D eigenvalue weighted by molar-refractivity contribution is 6.08. The van der Waals surface area contributed by atoms with Crippen molar-refractivity contribution in [1.29, 1.82) is 0 Å². The summed E-state index contributed by atoms with van der Waals surface area (Å²) in [4.78, 5) is 32.4. The molecule has 0 aromatic heterocycles. The number of hydrogen-bond donors (Lipinski definition) is 0. The van der Waals surface area contributed by atoms with E-state index < -0.39 is 0 Å². The van der Waals surface area contributed by atoms with Gasteiger partial charge >= 0.3 is 0 Å². The van der Waals surface area contributed by atoms with Crippen LogP contribution in [-0.4, -0.2) is 12.6 Å². The summed E-state index contributed by atoms with van der Waals surface area (Å²) >= 11 is 0. The molecule has 0 spiro atoms. The van der Waals surface area contributed by atoms with Crippen LogP contribution in [-0.2, 0) is 0 Å². The van der Waals surface area contributed by atoms with Crippen molar-refractivity contribution in [3.05, 3.63) is 46.4 Å². The van der Waals surface area contributed by atoms with Crippen molar-refractivity contribution in [3.8, 4) is 0 Å². The summed E-state index contributed by atoms with van der Waals surface area (Å²) < 4.78 is 0. The van der Waals surface area contributed by atoms with Crippen LogP contribution in [0.4, 0.5) is 5.69 Å². The molecule has 0 bridgehead atoms. The van der Waals surface area contributed by atoms with Gasteiger partial charge in [0.25, 0.3) is 0 Å². The average Bonchev–Trinajstić information content (AvgIpc) is 2.36. The Labute approximate surface area is 90.9 Å². The molecule has 0 atom stereocenters. The molecule has 0 aliphatic carbocycles. The summed E-state index contributed by atoms with van der Waals surface area (Å²) in [7, 11) is 0. The minimum Gasteiger partial charge on any atom is -0.298 e. The molecule has 0 aliphatic heterocycles. The first-order chi connectivity index (χ1) is 7.81. The van der Waals surface area contributed by atoms with E-state index >= 15 is 0 Å². The number of fused-ring (bicyclic) bond motifs is 1. The van der Waals surface area contributed by atoms with Crippen molar-refractivity contribution in [2.45, 2.75) is 0 Å². The lowest BCUT2D eigenvalue weighted by Gasteiger charge is -2.05. The van der Waals surface area contributed by atoms with E-state index in [4.69, 9.17) is 0 Å². The van der Waals surface area contributed by atoms with Crippen LogP contribution < -0.4 is 0 Å². The number of nitrogens with zero attached hydrogens (tertiary/aromatic N) is 1. The molecule has 2 aromatic carbocycles. The predicted molar refractivity (Wildman–Crippen MR) is 60.2 cm³/mol. The summed E-state index contributed by atoms with van der Waals surface area (Å²) in [6.45, 7) is 0. The molecule has 2 rings (SSSR count). The zero-order valence-electron chi connectivity index (χ0n) is 8.21. The fraction of sp³-hybridized carbons (Fsp3) is 0. The standard InChI is InChI=1S/C12H7NO3/c14-6-8-5-12(13-16)10-4-2-1-3-9(10)11(8)7-15/h1-7H. The van der Waals surface area contributed by atoms with E-state index in [0.29, 0.717) is 23.3 Å². The Kier molecular flexibility index (Phi) is 2.55. The highest BCUT2D eigenvalue weighted by Gasteiger charge is 2.10. The van der Waals surface area contributed by atoms with Gasteiger partial charge in [-0.1, -0.05) is 24.3 Å². The number of benzene rings is 2. The second kappa shape index (κ2) is 4.02. The zero-order valence-corrected chi connectivity index (χ0v) is 8.21. The van der Waals surface area contributed by atoms with Crippen LogP contribution >= 0.6 is 0 Å². The molecule has 2 aromatic rings. The molecule has 0 radical (unpaired) electrons. The first-order valence-corrected chi connectivity index (χ1v) is 4.61. The van der Waals surface area contributed by atoms with E-state index in [-0.39, 0.29) is 16.8 Å². The summed E-state index contributed by atoms with van der Waals surface area (Å²) in [5.41, 5.74) is 0.643. The Hall–Kier alpha value is -2.36. The van der Waals surface area contributed by atoms with Gasteiger partial charge in [-0.25, -0.2) is 0 Å². The molecule has 0 saturated carbocycles. The van der Waals surface area contributed by atoms with E-state index in [1.165, 1.54) is 6.07 Å². The zero-order chi connectivity index (χ0) is 11.5. The largest absolute Gasteiger partial charge is 0.298 e. The second-order valence-electron chi connectivity index (χ2n) is 3.27. The molecule has 4 nitrogen and oxygen atoms in total. The average molecular weight is 213 g/mol. The number of carbonyl (C=O) groups is 2. The molecule has 0 aliphatic rings. The van der Waals surface area contributed by atoms with E-state index in [0.717, 1.165) is 0 Å². The highest BCUT2D eigenvalue weighted by atomic mass is 16.3. The molecule has 16 heavy (non-hydrogen) atoms. The molecule has 0 fully saturated rings. The van der Waals surface area contributed by atoms with Crippen LogP contribution in [0.5, 0.6) is 0 Å². The van der Waals surface area contributed by atoms with Crippen molar-refractivity contribution in [2.24, 2.45) is 5.18 Å². The van der Waals surface area contributed by atoms with Gasteiger partial charge in [-0.05, 0) is 16.6 Å². The lowest BCUT2D eigenvalue weighted by atomic mass is 9.99. The molecule has 0 saturated heterocycles. The Morgan fingerprint density at radius 1 is 1.00 bits per heavy atom. The molecule has 0 heterocycles. The Balaban J connectivity index is 2.99. The van der Waals surface area contributed by atoms with Gasteiger partial charge in [-0.15, -0.1) is 4.91 Å². The van der Waals surface area contributed by atoms with E-state index in [1.807, 2.05) is 0 Å². The predicted octanol–water partition coefficient (Wildman–Crippen LogP) is 2.86. The van der Waals surface area contributed by atoms with Crippen molar-refractivity contribution in [1.82, 2.24) is 0 Å². The third kappa shape index (κ3) is 1.40. The van der Waals surface area contributed by atoms with Crippen LogP contribution in [0.1, 0.15) is 20.7 Å². The second-order valence-corrected chi connectivity index (χ2v) is 3.27. The van der Waals surface area contributed by atoms with Crippen molar-refractivity contribution in [3.63, 3.8) is 0 Å². The first-order valence-electron chi connectivity index (χ1n) is 4.61. The maximum absolute atomic E-state index is 10.9. The Morgan fingerprint density at radius 2 is 1.69 bits per heavy atom. The van der Waals surface area contributed by atoms with Crippen LogP contribution in [0.25, 0.3) is 10.8 Å². The third-order valence-corrected chi connectivity index (χ3v) is 2.44. The molecular formula is C12H7NO3. The number of carbonyl (C=O) groups excluding carboxylic acids is 2. The summed E-state index contributed by atoms with van der Waals surface area (Å²) in [6, 6.07) is 8.17. The normalized spacial score (nSPS) is 10.0. The van der Waals surface area contributed by atoms with Crippen molar-refractivity contribution < 1.29 is 9.59 Å². The van der Waals surface area contributed by atoms with E-state index in [9.17, 15) is 14.5 Å². The quantitative estimate of drug-likeness (QED) is 0.581. The lowest BCUT2D eigenvalue weighted by Crippen LogP contribution is -1.92.